The molecule has 30 heavy (non-hydrogen) atoms. The zero-order chi connectivity index (χ0) is 20.5. The van der Waals surface area contributed by atoms with Crippen LogP contribution >= 0.6 is 11.8 Å². The zero-order valence-electron chi connectivity index (χ0n) is 15.6. The van der Waals surface area contributed by atoms with E-state index in [1.54, 1.807) is 12.1 Å². The smallest absolute Gasteiger partial charge is 0.347 e. The van der Waals surface area contributed by atoms with Crippen LogP contribution in [0.25, 0.3) is 33.2 Å². The highest BCUT2D eigenvalue weighted by Crippen LogP contribution is 2.26. The Bertz CT molecular complexity index is 1440. The van der Waals surface area contributed by atoms with E-state index in [-0.39, 0.29) is 22.3 Å². The van der Waals surface area contributed by atoms with Crippen molar-refractivity contribution < 1.29 is 13.6 Å². The van der Waals surface area contributed by atoms with Crippen molar-refractivity contribution in [2.24, 2.45) is 0 Å². The van der Waals surface area contributed by atoms with Crippen LogP contribution in [0.3, 0.4) is 0 Å². The predicted octanol–water partition coefficient (Wildman–Crippen LogP) is 4.97. The number of hydrogen-bond acceptors (Lipinski definition) is 7. The zero-order valence-corrected chi connectivity index (χ0v) is 16.4. The van der Waals surface area contributed by atoms with Gasteiger partial charge in [0.1, 0.15) is 11.1 Å². The molecule has 0 saturated heterocycles. The van der Waals surface area contributed by atoms with E-state index in [4.69, 9.17) is 8.83 Å². The number of rotatable bonds is 5. The molecule has 5 rings (SSSR count). The van der Waals surface area contributed by atoms with Gasteiger partial charge in [-0.1, -0.05) is 60.3 Å². The van der Waals surface area contributed by atoms with Crippen LogP contribution < -0.4 is 5.63 Å². The van der Waals surface area contributed by atoms with Crippen LogP contribution in [0, 0.1) is 0 Å². The Labute approximate surface area is 174 Å². The predicted molar refractivity (Wildman–Crippen MR) is 115 cm³/mol. The number of aromatic nitrogens is 2. The standard InChI is InChI=1S/C23H14N2O4S/c26-19(13-30-23-25-24-21(29-23)15-7-2-1-3-8-15)18-12-17-16-9-5-4-6-14(16)10-11-20(17)28-22(18)27/h1-12H,13H2. The number of carbonyl (C=O) groups excluding carboxylic acids is 1. The van der Waals surface area contributed by atoms with Crippen LogP contribution in [0.5, 0.6) is 0 Å². The quantitative estimate of drug-likeness (QED) is 0.174. The Hall–Kier alpha value is -3.71. The van der Waals surface area contributed by atoms with Gasteiger partial charge in [-0.2, -0.15) is 0 Å². The lowest BCUT2D eigenvalue weighted by atomic mass is 10.0. The van der Waals surface area contributed by atoms with Gasteiger partial charge in [-0.05, 0) is 35.0 Å². The van der Waals surface area contributed by atoms with Crippen molar-refractivity contribution in [2.45, 2.75) is 5.22 Å². The summed E-state index contributed by atoms with van der Waals surface area (Å²) in [5, 5.41) is 10.9. The highest BCUT2D eigenvalue weighted by Gasteiger charge is 2.17. The molecule has 0 saturated carbocycles. The third kappa shape index (κ3) is 3.40. The number of ketones is 1. The maximum absolute atomic E-state index is 12.7. The number of carbonyl (C=O) groups is 1. The molecule has 0 amide bonds. The number of benzene rings is 3. The normalized spacial score (nSPS) is 11.2. The molecule has 0 atom stereocenters. The fourth-order valence-corrected chi connectivity index (χ4v) is 3.88. The summed E-state index contributed by atoms with van der Waals surface area (Å²) in [6.07, 6.45) is 0. The van der Waals surface area contributed by atoms with E-state index in [2.05, 4.69) is 10.2 Å². The van der Waals surface area contributed by atoms with Gasteiger partial charge in [-0.3, -0.25) is 4.79 Å². The van der Waals surface area contributed by atoms with E-state index < -0.39 is 5.63 Å². The number of thioether (sulfide) groups is 1. The first-order chi connectivity index (χ1) is 14.7. The van der Waals surface area contributed by atoms with Gasteiger partial charge < -0.3 is 8.83 Å². The van der Waals surface area contributed by atoms with Crippen molar-refractivity contribution in [3.63, 3.8) is 0 Å². The summed E-state index contributed by atoms with van der Waals surface area (Å²) in [7, 11) is 0. The summed E-state index contributed by atoms with van der Waals surface area (Å²) < 4.78 is 11.0. The molecule has 0 spiro atoms. The molecule has 0 unspecified atom stereocenters. The third-order valence-corrected chi connectivity index (χ3v) is 5.51. The van der Waals surface area contributed by atoms with Crippen molar-refractivity contribution in [3.8, 4) is 11.5 Å². The molecule has 0 fully saturated rings. The second-order valence-corrected chi connectivity index (χ2v) is 7.52. The van der Waals surface area contributed by atoms with Crippen LogP contribution in [0.4, 0.5) is 0 Å². The van der Waals surface area contributed by atoms with Crippen molar-refractivity contribution in [1.29, 1.82) is 0 Å². The van der Waals surface area contributed by atoms with Gasteiger partial charge in [0.2, 0.25) is 5.89 Å². The fraction of sp³-hybridized carbons (Fsp3) is 0.0435. The monoisotopic (exact) mass is 414 g/mol. The second-order valence-electron chi connectivity index (χ2n) is 6.60. The first-order valence-electron chi connectivity index (χ1n) is 9.19. The highest BCUT2D eigenvalue weighted by atomic mass is 32.2. The van der Waals surface area contributed by atoms with Gasteiger partial charge in [0.15, 0.2) is 5.78 Å². The van der Waals surface area contributed by atoms with E-state index in [1.807, 2.05) is 60.7 Å². The van der Waals surface area contributed by atoms with Crippen molar-refractivity contribution in [2.75, 3.05) is 5.75 Å². The molecule has 0 aliphatic carbocycles. The number of hydrogen-bond donors (Lipinski definition) is 0. The Balaban J connectivity index is 1.41. The molecule has 5 aromatic rings. The summed E-state index contributed by atoms with van der Waals surface area (Å²) >= 11 is 1.09. The van der Waals surface area contributed by atoms with Crippen molar-refractivity contribution in [3.05, 3.63) is 88.8 Å². The molecule has 0 aliphatic heterocycles. The SMILES string of the molecule is O=C(CSc1nnc(-c2ccccc2)o1)c1cc2c(ccc3ccccc32)oc1=O. The molecule has 0 bridgehead atoms. The van der Waals surface area contributed by atoms with E-state index in [9.17, 15) is 9.59 Å². The van der Waals surface area contributed by atoms with Gasteiger partial charge in [0.25, 0.3) is 5.22 Å². The summed E-state index contributed by atoms with van der Waals surface area (Å²) in [5.41, 5.74) is 0.602. The molecule has 7 heteroatoms. The summed E-state index contributed by atoms with van der Waals surface area (Å²) in [5.74, 6) is 0.00237. The Kier molecular flexibility index (Phi) is 4.65. The van der Waals surface area contributed by atoms with Gasteiger partial charge in [0.05, 0.1) is 5.75 Å². The minimum absolute atomic E-state index is 0.00847. The Morgan fingerprint density at radius 2 is 1.67 bits per heavy atom. The lowest BCUT2D eigenvalue weighted by Crippen LogP contribution is -2.15. The summed E-state index contributed by atoms with van der Waals surface area (Å²) in [4.78, 5) is 25.1. The molecule has 0 aliphatic rings. The van der Waals surface area contributed by atoms with Crippen LogP contribution in [-0.2, 0) is 0 Å². The van der Waals surface area contributed by atoms with Gasteiger partial charge >= 0.3 is 5.63 Å². The average molecular weight is 414 g/mol. The second kappa shape index (κ2) is 7.61. The third-order valence-electron chi connectivity index (χ3n) is 4.70. The van der Waals surface area contributed by atoms with Crippen LogP contribution in [0.15, 0.2) is 91.6 Å². The van der Waals surface area contributed by atoms with Gasteiger partial charge in [-0.15, -0.1) is 10.2 Å². The van der Waals surface area contributed by atoms with E-state index in [0.29, 0.717) is 11.5 Å². The largest absolute Gasteiger partial charge is 0.422 e. The fourth-order valence-electron chi connectivity index (χ4n) is 3.24. The van der Waals surface area contributed by atoms with E-state index in [1.165, 1.54) is 0 Å². The van der Waals surface area contributed by atoms with Crippen LogP contribution in [0.2, 0.25) is 0 Å². The molecule has 0 radical (unpaired) electrons. The summed E-state index contributed by atoms with van der Waals surface area (Å²) in [6, 6.07) is 22.3. The van der Waals surface area contributed by atoms with Crippen LogP contribution in [0.1, 0.15) is 10.4 Å². The molecule has 0 N–H and O–H groups in total. The number of nitrogens with zero attached hydrogens (tertiary/aromatic N) is 2. The molecule has 3 aromatic carbocycles. The van der Waals surface area contributed by atoms with Crippen molar-refractivity contribution >= 4 is 39.3 Å². The minimum Gasteiger partial charge on any atom is -0.422 e. The maximum Gasteiger partial charge on any atom is 0.347 e. The Morgan fingerprint density at radius 1 is 0.867 bits per heavy atom. The lowest BCUT2D eigenvalue weighted by molar-refractivity contribution is 0.101. The maximum atomic E-state index is 12.7. The first kappa shape index (κ1) is 18.3. The van der Waals surface area contributed by atoms with Crippen molar-refractivity contribution in [1.82, 2.24) is 10.2 Å². The first-order valence-corrected chi connectivity index (χ1v) is 10.2. The Morgan fingerprint density at radius 3 is 2.53 bits per heavy atom. The van der Waals surface area contributed by atoms with E-state index >= 15 is 0 Å². The number of fused-ring (bicyclic) bond motifs is 3. The molecule has 146 valence electrons. The van der Waals surface area contributed by atoms with Gasteiger partial charge in [0, 0.05) is 10.9 Å². The topological polar surface area (TPSA) is 86.2 Å². The van der Waals surface area contributed by atoms with Crippen LogP contribution in [-0.4, -0.2) is 21.7 Å². The van der Waals surface area contributed by atoms with Gasteiger partial charge in [-0.25, -0.2) is 4.79 Å². The number of Topliss-reactive ketones (excluding diaryl/α,β-unsaturated/α-hetero) is 1. The molecule has 6 nitrogen and oxygen atoms in total. The molecular weight excluding hydrogens is 400 g/mol. The minimum atomic E-state index is -0.654. The molecule has 2 heterocycles. The highest BCUT2D eigenvalue weighted by molar-refractivity contribution is 7.99. The molecular formula is C23H14N2O4S. The molecule has 2 aromatic heterocycles. The summed E-state index contributed by atoms with van der Waals surface area (Å²) in [6.45, 7) is 0. The average Bonchev–Trinajstić information content (AvgIpc) is 3.26. The van der Waals surface area contributed by atoms with E-state index in [0.717, 1.165) is 33.5 Å². The lowest BCUT2D eigenvalue weighted by Gasteiger charge is -2.04.